The molecule has 0 aliphatic rings. The van der Waals surface area contributed by atoms with Crippen LogP contribution in [-0.4, -0.2) is 20.9 Å². The third kappa shape index (κ3) is 5.90. The molecule has 0 unspecified atom stereocenters. The second kappa shape index (κ2) is 10.7. The summed E-state index contributed by atoms with van der Waals surface area (Å²) in [5.41, 5.74) is 1.23. The average molecular weight is 471 g/mol. The van der Waals surface area contributed by atoms with Gasteiger partial charge in [-0.25, -0.2) is 8.42 Å². The first-order valence-corrected chi connectivity index (χ1v) is 12.3. The number of hydrogen-bond acceptors (Lipinski definition) is 3. The van der Waals surface area contributed by atoms with Gasteiger partial charge in [0.2, 0.25) is 5.91 Å². The zero-order chi connectivity index (χ0) is 23.1. The number of amides is 1. The van der Waals surface area contributed by atoms with Gasteiger partial charge in [0.05, 0.1) is 21.6 Å². The molecular weight excluding hydrogens is 444 g/mol. The van der Waals surface area contributed by atoms with Gasteiger partial charge >= 0.3 is 0 Å². The predicted molar refractivity (Wildman–Crippen MR) is 129 cm³/mol. The lowest BCUT2D eigenvalue weighted by Crippen LogP contribution is -2.42. The Hall–Kier alpha value is -2.83. The second-order valence-electron chi connectivity index (χ2n) is 7.94. The number of sulfonamides is 1. The first-order valence-electron chi connectivity index (χ1n) is 10.5. The van der Waals surface area contributed by atoms with E-state index < -0.39 is 15.9 Å². The number of anilines is 1. The third-order valence-electron chi connectivity index (χ3n) is 4.98. The zero-order valence-electron chi connectivity index (χ0n) is 18.1. The fourth-order valence-corrected chi connectivity index (χ4v) is 5.23. The van der Waals surface area contributed by atoms with Gasteiger partial charge in [-0.1, -0.05) is 86.1 Å². The van der Waals surface area contributed by atoms with Gasteiger partial charge in [0, 0.05) is 0 Å². The molecule has 0 radical (unpaired) electrons. The van der Waals surface area contributed by atoms with Gasteiger partial charge in [-0.2, -0.15) is 0 Å². The number of halogens is 1. The molecule has 1 N–H and O–H groups in total. The van der Waals surface area contributed by atoms with Crippen molar-refractivity contribution in [1.82, 2.24) is 5.32 Å². The van der Waals surface area contributed by atoms with Gasteiger partial charge in [0.25, 0.3) is 10.0 Å². The van der Waals surface area contributed by atoms with Crippen LogP contribution in [0, 0.1) is 5.92 Å². The Labute approximate surface area is 195 Å². The van der Waals surface area contributed by atoms with E-state index in [9.17, 15) is 13.2 Å². The van der Waals surface area contributed by atoms with E-state index in [0.717, 1.165) is 16.3 Å². The Bertz CT molecular complexity index is 1140. The Balaban J connectivity index is 1.92. The van der Waals surface area contributed by atoms with Crippen molar-refractivity contribution in [2.24, 2.45) is 5.92 Å². The number of nitrogens with zero attached hydrogens (tertiary/aromatic N) is 1. The second-order valence-corrected chi connectivity index (χ2v) is 10.2. The number of para-hydroxylation sites is 1. The van der Waals surface area contributed by atoms with E-state index in [1.807, 2.05) is 30.3 Å². The van der Waals surface area contributed by atoms with Crippen molar-refractivity contribution in [3.8, 4) is 0 Å². The topological polar surface area (TPSA) is 66.5 Å². The van der Waals surface area contributed by atoms with Crippen molar-refractivity contribution in [3.05, 3.63) is 95.5 Å². The highest BCUT2D eigenvalue weighted by Gasteiger charge is 2.29. The molecule has 0 aromatic heterocycles. The molecule has 1 amide bonds. The largest absolute Gasteiger partial charge is 0.348 e. The number of nitrogens with one attached hydrogen (secondary N) is 1. The molecule has 3 aromatic rings. The molecule has 5 nitrogen and oxygen atoms in total. The summed E-state index contributed by atoms with van der Waals surface area (Å²) in [4.78, 5) is 13.2. The van der Waals surface area contributed by atoms with Crippen LogP contribution >= 0.6 is 11.6 Å². The molecule has 0 aliphatic heterocycles. The molecule has 168 valence electrons. The van der Waals surface area contributed by atoms with Crippen LogP contribution in [0.1, 0.15) is 31.9 Å². The van der Waals surface area contributed by atoms with Crippen LogP contribution in [0.15, 0.2) is 89.8 Å². The van der Waals surface area contributed by atoms with Crippen molar-refractivity contribution in [2.45, 2.75) is 31.2 Å². The summed E-state index contributed by atoms with van der Waals surface area (Å²) in [5.74, 6) is -0.0628. The minimum Gasteiger partial charge on any atom is -0.348 e. The van der Waals surface area contributed by atoms with Crippen molar-refractivity contribution in [3.63, 3.8) is 0 Å². The SMILES string of the molecule is CC(C)C[C@H](NC(=O)CN(c1ccccc1Cl)S(=O)(=O)c1ccccc1)c1ccccc1. The first kappa shape index (κ1) is 23.8. The van der Waals surface area contributed by atoms with Gasteiger partial charge in [-0.05, 0) is 42.2 Å². The summed E-state index contributed by atoms with van der Waals surface area (Å²) >= 11 is 6.33. The minimum absolute atomic E-state index is 0.0921. The average Bonchev–Trinajstić information content (AvgIpc) is 2.78. The summed E-state index contributed by atoms with van der Waals surface area (Å²) in [5, 5.41) is 3.27. The molecule has 0 saturated heterocycles. The van der Waals surface area contributed by atoms with Crippen LogP contribution in [0.5, 0.6) is 0 Å². The zero-order valence-corrected chi connectivity index (χ0v) is 19.7. The summed E-state index contributed by atoms with van der Waals surface area (Å²) < 4.78 is 27.9. The van der Waals surface area contributed by atoms with Gasteiger partial charge in [-0.15, -0.1) is 0 Å². The maximum absolute atomic E-state index is 13.4. The molecule has 0 heterocycles. The molecule has 0 saturated carbocycles. The molecule has 1 atom stereocenters. The number of carbonyl (C=O) groups excluding carboxylic acids is 1. The van der Waals surface area contributed by atoms with E-state index in [-0.39, 0.29) is 28.2 Å². The summed E-state index contributed by atoms with van der Waals surface area (Å²) in [6.07, 6.45) is 0.729. The Morgan fingerprint density at radius 1 is 0.906 bits per heavy atom. The maximum atomic E-state index is 13.4. The highest BCUT2D eigenvalue weighted by molar-refractivity contribution is 7.92. The monoisotopic (exact) mass is 470 g/mol. The lowest BCUT2D eigenvalue weighted by Gasteiger charge is -2.27. The van der Waals surface area contributed by atoms with Gasteiger partial charge in [-0.3, -0.25) is 9.10 Å². The normalized spacial score (nSPS) is 12.4. The highest BCUT2D eigenvalue weighted by Crippen LogP contribution is 2.30. The lowest BCUT2D eigenvalue weighted by atomic mass is 9.97. The van der Waals surface area contributed by atoms with Crippen LogP contribution in [0.4, 0.5) is 5.69 Å². The smallest absolute Gasteiger partial charge is 0.264 e. The molecule has 0 bridgehead atoms. The van der Waals surface area contributed by atoms with Gasteiger partial charge in [0.15, 0.2) is 0 Å². The molecule has 3 rings (SSSR count). The molecule has 0 aliphatic carbocycles. The summed E-state index contributed by atoms with van der Waals surface area (Å²) in [7, 11) is -4.01. The van der Waals surface area contributed by atoms with Crippen molar-refractivity contribution in [2.75, 3.05) is 10.8 Å². The van der Waals surface area contributed by atoms with E-state index in [4.69, 9.17) is 11.6 Å². The third-order valence-corrected chi connectivity index (χ3v) is 7.08. The number of rotatable bonds is 9. The lowest BCUT2D eigenvalue weighted by molar-refractivity contribution is -0.120. The molecule has 7 heteroatoms. The van der Waals surface area contributed by atoms with Gasteiger partial charge < -0.3 is 5.32 Å². The van der Waals surface area contributed by atoms with Crippen molar-refractivity contribution in [1.29, 1.82) is 0 Å². The van der Waals surface area contributed by atoms with E-state index >= 15 is 0 Å². The fourth-order valence-electron chi connectivity index (χ4n) is 3.48. The van der Waals surface area contributed by atoms with Crippen LogP contribution < -0.4 is 9.62 Å². The molecular formula is C25H27ClN2O3S. The Morgan fingerprint density at radius 2 is 1.47 bits per heavy atom. The highest BCUT2D eigenvalue weighted by atomic mass is 35.5. The summed E-state index contributed by atoms with van der Waals surface area (Å²) in [6.45, 7) is 3.78. The standard InChI is InChI=1S/C25H27ClN2O3S/c1-19(2)17-23(20-11-5-3-6-12-20)27-25(29)18-28(24-16-10-9-15-22(24)26)32(30,31)21-13-7-4-8-14-21/h3-16,19,23H,17-18H2,1-2H3,(H,27,29)/t23-/m0/s1. The van der Waals surface area contributed by atoms with Crippen LogP contribution in [-0.2, 0) is 14.8 Å². The molecule has 3 aromatic carbocycles. The number of hydrogen-bond donors (Lipinski definition) is 1. The maximum Gasteiger partial charge on any atom is 0.264 e. The Morgan fingerprint density at radius 3 is 2.06 bits per heavy atom. The van der Waals surface area contributed by atoms with Crippen LogP contribution in [0.25, 0.3) is 0 Å². The van der Waals surface area contributed by atoms with E-state index in [0.29, 0.717) is 5.92 Å². The fraction of sp³-hybridized carbons (Fsp3) is 0.240. The van der Waals surface area contributed by atoms with Crippen LogP contribution in [0.3, 0.4) is 0 Å². The number of benzene rings is 3. The van der Waals surface area contributed by atoms with Crippen molar-refractivity contribution < 1.29 is 13.2 Å². The predicted octanol–water partition coefficient (Wildman–Crippen LogP) is 5.44. The summed E-state index contributed by atoms with van der Waals surface area (Å²) in [6, 6.07) is 24.1. The molecule has 0 fully saturated rings. The Kier molecular flexibility index (Phi) is 7.94. The molecule has 32 heavy (non-hydrogen) atoms. The first-order chi connectivity index (χ1) is 15.3. The van der Waals surface area contributed by atoms with E-state index in [1.54, 1.807) is 42.5 Å². The molecule has 0 spiro atoms. The quantitative estimate of drug-likeness (QED) is 0.453. The van der Waals surface area contributed by atoms with E-state index in [1.165, 1.54) is 12.1 Å². The van der Waals surface area contributed by atoms with E-state index in [2.05, 4.69) is 19.2 Å². The van der Waals surface area contributed by atoms with Gasteiger partial charge in [0.1, 0.15) is 6.54 Å². The van der Waals surface area contributed by atoms with Crippen LogP contribution in [0.2, 0.25) is 5.02 Å². The number of carbonyl (C=O) groups is 1. The van der Waals surface area contributed by atoms with Crippen molar-refractivity contribution >= 4 is 33.2 Å². The minimum atomic E-state index is -4.01.